The number of hydrogen-bond donors (Lipinski definition) is 2. The van der Waals surface area contributed by atoms with Crippen LogP contribution in [0.25, 0.3) is 0 Å². The third-order valence-electron chi connectivity index (χ3n) is 3.22. The van der Waals surface area contributed by atoms with Gasteiger partial charge in [-0.2, -0.15) is 0 Å². The van der Waals surface area contributed by atoms with Crippen LogP contribution in [0.15, 0.2) is 16.6 Å². The van der Waals surface area contributed by atoms with E-state index >= 15 is 0 Å². The summed E-state index contributed by atoms with van der Waals surface area (Å²) in [4.78, 5) is 12.4. The first-order valence-electron chi connectivity index (χ1n) is 6.65. The lowest BCUT2D eigenvalue weighted by molar-refractivity contribution is 0.0924. The maximum atomic E-state index is 12.4. The Morgan fingerprint density at radius 3 is 2.52 bits per heavy atom. The van der Waals surface area contributed by atoms with Crippen molar-refractivity contribution in [2.45, 2.75) is 20.3 Å². The van der Waals surface area contributed by atoms with E-state index in [1.165, 1.54) is 7.11 Å². The van der Waals surface area contributed by atoms with Gasteiger partial charge in [0.15, 0.2) is 0 Å². The van der Waals surface area contributed by atoms with Crippen LogP contribution in [0, 0.1) is 5.41 Å². The van der Waals surface area contributed by atoms with Crippen LogP contribution in [0.4, 0.5) is 0 Å². The topological polar surface area (TPSA) is 67.8 Å². The number of aliphatic hydroxyl groups excluding tert-OH is 1. The first-order chi connectivity index (χ1) is 9.84. The fraction of sp³-hybridized carbons (Fsp3) is 0.533. The Labute approximate surface area is 133 Å². The largest absolute Gasteiger partial charge is 0.497 e. The molecule has 0 unspecified atom stereocenters. The highest BCUT2D eigenvalue weighted by Gasteiger charge is 2.21. The number of nitrogens with one attached hydrogen (secondary N) is 1. The molecule has 1 rings (SSSR count). The number of halogens is 1. The third kappa shape index (κ3) is 4.89. The molecule has 0 fully saturated rings. The molecule has 0 bridgehead atoms. The Balaban J connectivity index is 2.94. The molecule has 118 valence electrons. The van der Waals surface area contributed by atoms with E-state index < -0.39 is 0 Å². The summed E-state index contributed by atoms with van der Waals surface area (Å²) >= 11 is 3.36. The lowest BCUT2D eigenvalue weighted by atomic mass is 9.89. The molecule has 0 saturated carbocycles. The van der Waals surface area contributed by atoms with E-state index in [1.807, 2.05) is 13.8 Å². The van der Waals surface area contributed by atoms with Crippen molar-refractivity contribution in [2.24, 2.45) is 5.41 Å². The average molecular weight is 360 g/mol. The highest BCUT2D eigenvalue weighted by molar-refractivity contribution is 9.10. The van der Waals surface area contributed by atoms with Crippen LogP contribution < -0.4 is 14.8 Å². The molecule has 0 heterocycles. The van der Waals surface area contributed by atoms with E-state index in [1.54, 1.807) is 19.2 Å². The zero-order valence-electron chi connectivity index (χ0n) is 12.8. The van der Waals surface area contributed by atoms with E-state index in [0.29, 0.717) is 34.5 Å². The summed E-state index contributed by atoms with van der Waals surface area (Å²) in [6, 6.07) is 3.38. The van der Waals surface area contributed by atoms with Crippen molar-refractivity contribution >= 4 is 21.8 Å². The van der Waals surface area contributed by atoms with Gasteiger partial charge in [-0.3, -0.25) is 4.79 Å². The van der Waals surface area contributed by atoms with Crippen molar-refractivity contribution in [3.8, 4) is 11.5 Å². The summed E-state index contributed by atoms with van der Waals surface area (Å²) in [7, 11) is 3.05. The minimum atomic E-state index is -0.238. The maximum absolute atomic E-state index is 12.4. The summed E-state index contributed by atoms with van der Waals surface area (Å²) in [5.74, 6) is 0.799. The molecule has 1 amide bonds. The van der Waals surface area contributed by atoms with Crippen molar-refractivity contribution in [3.63, 3.8) is 0 Å². The predicted molar refractivity (Wildman–Crippen MR) is 85.1 cm³/mol. The third-order valence-corrected chi connectivity index (χ3v) is 3.81. The zero-order valence-corrected chi connectivity index (χ0v) is 14.4. The van der Waals surface area contributed by atoms with Gasteiger partial charge < -0.3 is 19.9 Å². The van der Waals surface area contributed by atoms with E-state index in [-0.39, 0.29) is 17.9 Å². The number of ether oxygens (including phenoxy) is 2. The molecule has 0 aliphatic heterocycles. The van der Waals surface area contributed by atoms with Gasteiger partial charge in [0.2, 0.25) is 0 Å². The molecule has 0 saturated heterocycles. The van der Waals surface area contributed by atoms with E-state index in [9.17, 15) is 4.79 Å². The number of methoxy groups -OCH3 is 2. The van der Waals surface area contributed by atoms with Gasteiger partial charge in [0.1, 0.15) is 11.5 Å². The van der Waals surface area contributed by atoms with Gasteiger partial charge >= 0.3 is 0 Å². The summed E-state index contributed by atoms with van der Waals surface area (Å²) in [6.45, 7) is 4.53. The normalized spacial score (nSPS) is 11.1. The van der Waals surface area contributed by atoms with Crippen molar-refractivity contribution in [1.82, 2.24) is 5.32 Å². The highest BCUT2D eigenvalue weighted by atomic mass is 79.9. The molecule has 0 atom stereocenters. The van der Waals surface area contributed by atoms with Gasteiger partial charge in [-0.15, -0.1) is 0 Å². The standard InChI is InChI=1S/C15H22BrNO4/c1-15(2,5-6-18)9-17-14(19)11-7-10(20-3)8-12(16)13(11)21-4/h7-8,18H,5-6,9H2,1-4H3,(H,17,19). The van der Waals surface area contributed by atoms with Gasteiger partial charge in [-0.1, -0.05) is 13.8 Å². The number of carbonyl (C=O) groups is 1. The molecule has 2 N–H and O–H groups in total. The molecule has 1 aromatic rings. The molecule has 0 radical (unpaired) electrons. The van der Waals surface area contributed by atoms with E-state index in [0.717, 1.165) is 0 Å². The highest BCUT2D eigenvalue weighted by Crippen LogP contribution is 2.33. The first-order valence-corrected chi connectivity index (χ1v) is 7.44. The van der Waals surface area contributed by atoms with Gasteiger partial charge in [-0.05, 0) is 39.9 Å². The Hall–Kier alpha value is -1.27. The number of aliphatic hydroxyl groups is 1. The Kier molecular flexibility index (Phi) is 6.48. The second-order valence-electron chi connectivity index (χ2n) is 5.51. The molecule has 6 heteroatoms. The number of rotatable bonds is 7. The summed E-state index contributed by atoms with van der Waals surface area (Å²) < 4.78 is 11.1. The van der Waals surface area contributed by atoms with Crippen molar-refractivity contribution in [3.05, 3.63) is 22.2 Å². The zero-order chi connectivity index (χ0) is 16.0. The second-order valence-corrected chi connectivity index (χ2v) is 6.36. The van der Waals surface area contributed by atoms with Crippen LogP contribution in [0.5, 0.6) is 11.5 Å². The SMILES string of the molecule is COc1cc(Br)c(OC)c(C(=O)NCC(C)(C)CCO)c1. The molecule has 0 aliphatic carbocycles. The Bertz CT molecular complexity index is 503. The van der Waals surface area contributed by atoms with Crippen molar-refractivity contribution in [1.29, 1.82) is 0 Å². The molecule has 0 spiro atoms. The lowest BCUT2D eigenvalue weighted by Crippen LogP contribution is -2.34. The number of benzene rings is 1. The second kappa shape index (κ2) is 7.66. The minimum Gasteiger partial charge on any atom is -0.497 e. The molecule has 0 aliphatic rings. The Morgan fingerprint density at radius 1 is 1.33 bits per heavy atom. The minimum absolute atomic E-state index is 0.0941. The molecule has 5 nitrogen and oxygen atoms in total. The quantitative estimate of drug-likeness (QED) is 0.785. The van der Waals surface area contributed by atoms with Crippen LogP contribution in [-0.2, 0) is 0 Å². The van der Waals surface area contributed by atoms with Crippen LogP contribution in [0.3, 0.4) is 0 Å². The van der Waals surface area contributed by atoms with Crippen molar-refractivity contribution in [2.75, 3.05) is 27.4 Å². The van der Waals surface area contributed by atoms with E-state index in [2.05, 4.69) is 21.2 Å². The monoisotopic (exact) mass is 359 g/mol. The molecule has 1 aromatic carbocycles. The average Bonchev–Trinajstić information content (AvgIpc) is 2.43. The van der Waals surface area contributed by atoms with Gasteiger partial charge in [0.05, 0.1) is 24.3 Å². The van der Waals surface area contributed by atoms with Crippen molar-refractivity contribution < 1.29 is 19.4 Å². The number of hydrogen-bond acceptors (Lipinski definition) is 4. The molecule has 21 heavy (non-hydrogen) atoms. The maximum Gasteiger partial charge on any atom is 0.255 e. The smallest absolute Gasteiger partial charge is 0.255 e. The summed E-state index contributed by atoms with van der Waals surface area (Å²) in [6.07, 6.45) is 0.617. The molecular weight excluding hydrogens is 338 g/mol. The number of amides is 1. The fourth-order valence-corrected chi connectivity index (χ4v) is 2.47. The molecular formula is C15H22BrNO4. The number of carbonyl (C=O) groups excluding carboxylic acids is 1. The predicted octanol–water partition coefficient (Wildman–Crippen LogP) is 2.60. The van der Waals surface area contributed by atoms with Crippen LogP contribution in [0.2, 0.25) is 0 Å². The van der Waals surface area contributed by atoms with Crippen LogP contribution in [0.1, 0.15) is 30.6 Å². The fourth-order valence-electron chi connectivity index (χ4n) is 1.87. The van der Waals surface area contributed by atoms with Crippen LogP contribution in [-0.4, -0.2) is 38.4 Å². The summed E-state index contributed by atoms with van der Waals surface area (Å²) in [5, 5.41) is 11.9. The van der Waals surface area contributed by atoms with Gasteiger partial charge in [0, 0.05) is 13.2 Å². The van der Waals surface area contributed by atoms with Gasteiger partial charge in [-0.25, -0.2) is 0 Å². The summed E-state index contributed by atoms with van der Waals surface area (Å²) in [5.41, 5.74) is 0.233. The van der Waals surface area contributed by atoms with E-state index in [4.69, 9.17) is 14.6 Å². The van der Waals surface area contributed by atoms with Gasteiger partial charge in [0.25, 0.3) is 5.91 Å². The Morgan fingerprint density at radius 2 is 2.00 bits per heavy atom. The molecule has 0 aromatic heterocycles. The van der Waals surface area contributed by atoms with Crippen LogP contribution >= 0.6 is 15.9 Å². The first kappa shape index (κ1) is 17.8. The lowest BCUT2D eigenvalue weighted by Gasteiger charge is -2.24.